The second-order valence-electron chi connectivity index (χ2n) is 5.00. The Balaban J connectivity index is 2.26. The molecule has 128 valence electrons. The fourth-order valence-electron chi connectivity index (χ4n) is 2.14. The maximum Gasteiger partial charge on any atom is 0.339 e. The predicted octanol–water partition coefficient (Wildman–Crippen LogP) is 1.13. The Morgan fingerprint density at radius 3 is 2.50 bits per heavy atom. The highest BCUT2D eigenvalue weighted by Crippen LogP contribution is 2.17. The van der Waals surface area contributed by atoms with Crippen LogP contribution in [0.2, 0.25) is 0 Å². The number of hydrogen-bond acceptors (Lipinski definition) is 7. The number of amides is 1. The van der Waals surface area contributed by atoms with Gasteiger partial charge in [0.2, 0.25) is 5.91 Å². The molecule has 0 unspecified atom stereocenters. The Hall–Kier alpha value is -2.68. The van der Waals surface area contributed by atoms with E-state index in [2.05, 4.69) is 9.89 Å². The molecule has 1 heterocycles. The van der Waals surface area contributed by atoms with Crippen LogP contribution in [0.1, 0.15) is 27.4 Å². The van der Waals surface area contributed by atoms with Gasteiger partial charge in [0, 0.05) is 5.56 Å². The third-order valence-electron chi connectivity index (χ3n) is 3.35. The first-order valence-electron chi connectivity index (χ1n) is 6.91. The average Bonchev–Trinajstić information content (AvgIpc) is 2.85. The number of rotatable bonds is 5. The van der Waals surface area contributed by atoms with Crippen LogP contribution in [0.25, 0.3) is 0 Å². The third kappa shape index (κ3) is 3.62. The van der Waals surface area contributed by atoms with Crippen LogP contribution in [0.15, 0.2) is 33.7 Å². The molecular formula is C15H16N2O6S. The zero-order valence-corrected chi connectivity index (χ0v) is 14.1. The van der Waals surface area contributed by atoms with Crippen molar-refractivity contribution in [2.45, 2.75) is 25.2 Å². The molecule has 1 aromatic heterocycles. The van der Waals surface area contributed by atoms with E-state index in [1.807, 2.05) is 4.72 Å². The molecule has 0 aliphatic heterocycles. The fourth-order valence-corrected chi connectivity index (χ4v) is 3.32. The zero-order chi connectivity index (χ0) is 17.9. The largest absolute Gasteiger partial charge is 0.465 e. The molecule has 9 heteroatoms. The summed E-state index contributed by atoms with van der Waals surface area (Å²) in [5, 5.41) is 3.71. The number of ether oxygens (including phenoxy) is 1. The van der Waals surface area contributed by atoms with Gasteiger partial charge < -0.3 is 9.26 Å². The summed E-state index contributed by atoms with van der Waals surface area (Å²) >= 11 is 0. The summed E-state index contributed by atoms with van der Waals surface area (Å²) in [4.78, 5) is 23.4. The quantitative estimate of drug-likeness (QED) is 0.802. The number of aryl methyl sites for hydroxylation is 2. The van der Waals surface area contributed by atoms with E-state index < -0.39 is 21.9 Å². The first-order chi connectivity index (χ1) is 11.3. The smallest absolute Gasteiger partial charge is 0.339 e. The van der Waals surface area contributed by atoms with Crippen LogP contribution in [0.5, 0.6) is 0 Å². The number of carbonyl (C=O) groups excluding carboxylic acids is 2. The Morgan fingerprint density at radius 2 is 1.92 bits per heavy atom. The number of hydrogen-bond donors (Lipinski definition) is 1. The Bertz CT molecular complexity index is 866. The summed E-state index contributed by atoms with van der Waals surface area (Å²) in [6, 6.07) is 5.47. The van der Waals surface area contributed by atoms with E-state index in [1.165, 1.54) is 24.3 Å². The van der Waals surface area contributed by atoms with Gasteiger partial charge in [0.05, 0.1) is 24.8 Å². The topological polar surface area (TPSA) is 116 Å². The first-order valence-corrected chi connectivity index (χ1v) is 8.39. The van der Waals surface area contributed by atoms with E-state index in [4.69, 9.17) is 4.52 Å². The molecule has 0 saturated heterocycles. The summed E-state index contributed by atoms with van der Waals surface area (Å²) in [7, 11) is -3.08. The van der Waals surface area contributed by atoms with Crippen LogP contribution < -0.4 is 4.72 Å². The lowest BCUT2D eigenvalue weighted by atomic mass is 10.1. The van der Waals surface area contributed by atoms with Crippen LogP contribution in [0.4, 0.5) is 0 Å². The maximum atomic E-state index is 12.4. The van der Waals surface area contributed by atoms with Crippen molar-refractivity contribution in [3.05, 3.63) is 46.8 Å². The first kappa shape index (κ1) is 17.7. The molecule has 1 amide bonds. The molecule has 1 N–H and O–H groups in total. The minimum atomic E-state index is -4.23. The van der Waals surface area contributed by atoms with Crippen LogP contribution in [-0.4, -0.2) is 32.6 Å². The van der Waals surface area contributed by atoms with Gasteiger partial charge >= 0.3 is 5.97 Å². The van der Waals surface area contributed by atoms with Crippen molar-refractivity contribution >= 4 is 21.9 Å². The van der Waals surface area contributed by atoms with E-state index in [9.17, 15) is 18.0 Å². The molecule has 8 nitrogen and oxygen atoms in total. The molecule has 24 heavy (non-hydrogen) atoms. The zero-order valence-electron chi connectivity index (χ0n) is 13.3. The normalized spacial score (nSPS) is 11.1. The number of benzene rings is 1. The highest BCUT2D eigenvalue weighted by molar-refractivity contribution is 7.90. The molecule has 2 aromatic rings. The van der Waals surface area contributed by atoms with Crippen molar-refractivity contribution in [2.24, 2.45) is 0 Å². The number of esters is 1. The van der Waals surface area contributed by atoms with Crippen LogP contribution in [0.3, 0.4) is 0 Å². The minimum Gasteiger partial charge on any atom is -0.465 e. The van der Waals surface area contributed by atoms with Gasteiger partial charge in [-0.15, -0.1) is 0 Å². The van der Waals surface area contributed by atoms with Crippen molar-refractivity contribution in [2.75, 3.05) is 7.11 Å². The van der Waals surface area contributed by atoms with Crippen molar-refractivity contribution in [3.8, 4) is 0 Å². The van der Waals surface area contributed by atoms with Gasteiger partial charge in [-0.3, -0.25) is 4.79 Å². The van der Waals surface area contributed by atoms with Crippen molar-refractivity contribution in [3.63, 3.8) is 0 Å². The second-order valence-corrected chi connectivity index (χ2v) is 6.65. The predicted molar refractivity (Wildman–Crippen MR) is 82.8 cm³/mol. The molecular weight excluding hydrogens is 336 g/mol. The number of methoxy groups -OCH3 is 1. The van der Waals surface area contributed by atoms with E-state index in [0.717, 1.165) is 7.11 Å². The highest BCUT2D eigenvalue weighted by Gasteiger charge is 2.25. The lowest BCUT2D eigenvalue weighted by Crippen LogP contribution is -2.33. The lowest BCUT2D eigenvalue weighted by Gasteiger charge is -2.10. The monoisotopic (exact) mass is 352 g/mol. The molecule has 0 radical (unpaired) electrons. The van der Waals surface area contributed by atoms with Crippen molar-refractivity contribution in [1.82, 2.24) is 9.88 Å². The molecule has 0 saturated carbocycles. The van der Waals surface area contributed by atoms with Gasteiger partial charge in [0.25, 0.3) is 10.0 Å². The molecule has 0 aliphatic rings. The fraction of sp³-hybridized carbons (Fsp3) is 0.267. The van der Waals surface area contributed by atoms with E-state index >= 15 is 0 Å². The highest BCUT2D eigenvalue weighted by atomic mass is 32.2. The molecule has 0 atom stereocenters. The molecule has 0 fully saturated rings. The van der Waals surface area contributed by atoms with Crippen LogP contribution in [-0.2, 0) is 26.0 Å². The molecule has 0 aliphatic carbocycles. The van der Waals surface area contributed by atoms with E-state index in [1.54, 1.807) is 13.8 Å². The summed E-state index contributed by atoms with van der Waals surface area (Å²) < 4.78 is 36.2. The molecule has 2 rings (SSSR count). The van der Waals surface area contributed by atoms with Gasteiger partial charge in [-0.25, -0.2) is 17.9 Å². The standard InChI is InChI=1S/C15H16N2O6S/c1-9-12(10(2)23-16-9)8-14(18)17-24(20,21)13-7-5-4-6-11(13)15(19)22-3/h4-7H,8H2,1-3H3,(H,17,18). The molecule has 1 aromatic carbocycles. The van der Waals surface area contributed by atoms with Gasteiger partial charge in [0.1, 0.15) is 10.7 Å². The van der Waals surface area contributed by atoms with Crippen molar-refractivity contribution < 1.29 is 27.3 Å². The Morgan fingerprint density at radius 1 is 1.25 bits per heavy atom. The number of nitrogens with one attached hydrogen (secondary N) is 1. The summed E-state index contributed by atoms with van der Waals surface area (Å²) in [5.74, 6) is -1.13. The summed E-state index contributed by atoms with van der Waals surface area (Å²) in [6.45, 7) is 3.28. The summed E-state index contributed by atoms with van der Waals surface area (Å²) in [6.07, 6.45) is -0.208. The minimum absolute atomic E-state index is 0.155. The maximum absolute atomic E-state index is 12.4. The van der Waals surface area contributed by atoms with Gasteiger partial charge in [-0.2, -0.15) is 0 Å². The average molecular weight is 352 g/mol. The van der Waals surface area contributed by atoms with E-state index in [-0.39, 0.29) is 16.9 Å². The van der Waals surface area contributed by atoms with Gasteiger partial charge in [0.15, 0.2) is 0 Å². The van der Waals surface area contributed by atoms with Crippen LogP contribution in [0, 0.1) is 13.8 Å². The SMILES string of the molecule is COC(=O)c1ccccc1S(=O)(=O)NC(=O)Cc1c(C)noc1C. The molecule has 0 spiro atoms. The third-order valence-corrected chi connectivity index (χ3v) is 4.78. The Kier molecular flexibility index (Phi) is 5.03. The number of nitrogens with zero attached hydrogens (tertiary/aromatic N) is 1. The lowest BCUT2D eigenvalue weighted by molar-refractivity contribution is -0.118. The number of carbonyl (C=O) groups is 2. The number of sulfonamides is 1. The Labute approximate surface area is 138 Å². The van der Waals surface area contributed by atoms with Gasteiger partial charge in [-0.05, 0) is 26.0 Å². The van der Waals surface area contributed by atoms with Gasteiger partial charge in [-0.1, -0.05) is 17.3 Å². The van der Waals surface area contributed by atoms with Crippen LogP contribution >= 0.6 is 0 Å². The molecule has 0 bridgehead atoms. The van der Waals surface area contributed by atoms with Crippen molar-refractivity contribution in [1.29, 1.82) is 0 Å². The summed E-state index contributed by atoms with van der Waals surface area (Å²) in [5.41, 5.74) is 0.872. The second kappa shape index (κ2) is 6.83. The van der Waals surface area contributed by atoms with E-state index in [0.29, 0.717) is 17.0 Å². The number of aromatic nitrogens is 1.